The second-order valence-electron chi connectivity index (χ2n) is 7.14. The van der Waals surface area contributed by atoms with E-state index in [0.717, 1.165) is 0 Å². The molecule has 0 saturated carbocycles. The van der Waals surface area contributed by atoms with Crippen LogP contribution in [0.5, 0.6) is 11.5 Å². The minimum absolute atomic E-state index is 0. The molecule has 0 bridgehead atoms. The Hall–Kier alpha value is -1.76. The van der Waals surface area contributed by atoms with Crippen molar-refractivity contribution in [2.75, 3.05) is 38.2 Å². The van der Waals surface area contributed by atoms with E-state index < -0.39 is 9.84 Å². The molecule has 1 aromatic rings. The van der Waals surface area contributed by atoms with Crippen molar-refractivity contribution in [2.24, 2.45) is 4.99 Å². The van der Waals surface area contributed by atoms with Gasteiger partial charge in [0, 0.05) is 25.6 Å². The second-order valence-corrected chi connectivity index (χ2v) is 9.37. The number of methoxy groups -OCH3 is 1. The average molecular weight is 568 g/mol. The predicted molar refractivity (Wildman–Crippen MR) is 132 cm³/mol. The number of nitrogens with zero attached hydrogens (tertiary/aromatic N) is 1. The molecule has 0 spiro atoms. The lowest BCUT2D eigenvalue weighted by atomic mass is 10.2. The summed E-state index contributed by atoms with van der Waals surface area (Å²) < 4.78 is 34.1. The maximum absolute atomic E-state index is 12.0. The van der Waals surface area contributed by atoms with E-state index in [-0.39, 0.29) is 60.0 Å². The highest BCUT2D eigenvalue weighted by molar-refractivity contribution is 14.0. The third-order valence-electron chi connectivity index (χ3n) is 4.49. The van der Waals surface area contributed by atoms with Gasteiger partial charge in [-0.05, 0) is 32.4 Å². The van der Waals surface area contributed by atoms with Crippen LogP contribution in [0, 0.1) is 0 Å². The molecule has 1 heterocycles. The molecule has 1 aliphatic heterocycles. The van der Waals surface area contributed by atoms with E-state index in [1.165, 1.54) is 0 Å². The molecule has 0 aliphatic carbocycles. The van der Waals surface area contributed by atoms with E-state index in [1.54, 1.807) is 7.11 Å². The van der Waals surface area contributed by atoms with E-state index in [2.05, 4.69) is 20.9 Å². The molecule has 0 radical (unpaired) electrons. The van der Waals surface area contributed by atoms with Gasteiger partial charge in [0.25, 0.3) is 0 Å². The summed E-state index contributed by atoms with van der Waals surface area (Å²) in [4.78, 5) is 16.5. The van der Waals surface area contributed by atoms with Crippen LogP contribution in [-0.2, 0) is 14.6 Å². The number of nitrogens with one attached hydrogen (secondary N) is 3. The number of amides is 1. The number of ether oxygens (including phenoxy) is 2. The van der Waals surface area contributed by atoms with Crippen molar-refractivity contribution in [3.05, 3.63) is 24.3 Å². The molecule has 1 aliphatic rings. The molecule has 0 aromatic heterocycles. The van der Waals surface area contributed by atoms with Crippen LogP contribution in [0.4, 0.5) is 0 Å². The summed E-state index contributed by atoms with van der Waals surface area (Å²) in [6.45, 7) is 5.36. The van der Waals surface area contributed by atoms with Crippen molar-refractivity contribution in [2.45, 2.75) is 38.8 Å². The molecule has 31 heavy (non-hydrogen) atoms. The Balaban J connectivity index is 0.00000480. The van der Waals surface area contributed by atoms with E-state index in [4.69, 9.17) is 9.47 Å². The van der Waals surface area contributed by atoms with Gasteiger partial charge in [0.2, 0.25) is 5.91 Å². The molecule has 176 valence electrons. The summed E-state index contributed by atoms with van der Waals surface area (Å²) in [5.41, 5.74) is 0. The number of aliphatic imine (C=N–C) groups is 1. The van der Waals surface area contributed by atoms with Gasteiger partial charge in [-0.1, -0.05) is 12.1 Å². The molecule has 1 saturated heterocycles. The molecule has 3 N–H and O–H groups in total. The van der Waals surface area contributed by atoms with Crippen LogP contribution in [0.15, 0.2) is 29.3 Å². The average Bonchev–Trinajstić information content (AvgIpc) is 3.04. The van der Waals surface area contributed by atoms with E-state index >= 15 is 0 Å². The first kappa shape index (κ1) is 27.3. The van der Waals surface area contributed by atoms with Gasteiger partial charge in [0.15, 0.2) is 27.3 Å². The quantitative estimate of drug-likeness (QED) is 0.222. The highest BCUT2D eigenvalue weighted by atomic mass is 127. The van der Waals surface area contributed by atoms with Gasteiger partial charge in [-0.3, -0.25) is 4.79 Å². The second kappa shape index (κ2) is 13.6. The third-order valence-corrected chi connectivity index (χ3v) is 6.26. The summed E-state index contributed by atoms with van der Waals surface area (Å²) in [6.07, 6.45) is 0.536. The lowest BCUT2D eigenvalue weighted by molar-refractivity contribution is -0.121. The topological polar surface area (TPSA) is 118 Å². The first-order chi connectivity index (χ1) is 14.3. The molecule has 1 amide bonds. The summed E-state index contributed by atoms with van der Waals surface area (Å²) in [6, 6.07) is 7.16. The predicted octanol–water partition coefficient (Wildman–Crippen LogP) is 1.33. The van der Waals surface area contributed by atoms with Gasteiger partial charge in [-0.2, -0.15) is 0 Å². The number of para-hydroxylation sites is 2. The summed E-state index contributed by atoms with van der Waals surface area (Å²) in [5.74, 6) is 1.91. The molecule has 2 rings (SSSR count). The van der Waals surface area contributed by atoms with Crippen molar-refractivity contribution in [3.8, 4) is 11.5 Å². The Morgan fingerprint density at radius 3 is 2.58 bits per heavy atom. The maximum atomic E-state index is 12.0. The monoisotopic (exact) mass is 568 g/mol. The standard InChI is InChI=1S/C20H32N4O5S.HI/c1-4-21-20(22-11-9-19(25)24-16-10-12-30(26,27)14-16)23-13-15(2)29-18-8-6-5-7-17(18)28-3;/h5-8,15-16H,4,9-14H2,1-3H3,(H,24,25)(H2,21,22,23);1H. The Morgan fingerprint density at radius 2 is 1.97 bits per heavy atom. The number of sulfone groups is 1. The zero-order valence-corrected chi connectivity index (χ0v) is 21.4. The van der Waals surface area contributed by atoms with Gasteiger partial charge >= 0.3 is 0 Å². The molecule has 11 heteroatoms. The largest absolute Gasteiger partial charge is 0.493 e. The Morgan fingerprint density at radius 1 is 1.26 bits per heavy atom. The zero-order valence-electron chi connectivity index (χ0n) is 18.2. The third kappa shape index (κ3) is 9.93. The van der Waals surface area contributed by atoms with Gasteiger partial charge < -0.3 is 25.4 Å². The normalized spacial score (nSPS) is 18.4. The highest BCUT2D eigenvalue weighted by Gasteiger charge is 2.28. The van der Waals surface area contributed by atoms with Crippen molar-refractivity contribution < 1.29 is 22.7 Å². The van der Waals surface area contributed by atoms with E-state index in [9.17, 15) is 13.2 Å². The van der Waals surface area contributed by atoms with Crippen molar-refractivity contribution in [1.29, 1.82) is 0 Å². The smallest absolute Gasteiger partial charge is 0.222 e. The van der Waals surface area contributed by atoms with Crippen LogP contribution in [0.3, 0.4) is 0 Å². The number of guanidine groups is 1. The maximum Gasteiger partial charge on any atom is 0.222 e. The van der Waals surface area contributed by atoms with Crippen LogP contribution in [0.25, 0.3) is 0 Å². The van der Waals surface area contributed by atoms with Crippen LogP contribution in [-0.4, -0.2) is 70.7 Å². The molecule has 9 nitrogen and oxygen atoms in total. The van der Waals surface area contributed by atoms with Crippen LogP contribution in [0.1, 0.15) is 26.7 Å². The lowest BCUT2D eigenvalue weighted by Crippen LogP contribution is -2.41. The number of hydrogen-bond donors (Lipinski definition) is 3. The van der Waals surface area contributed by atoms with E-state index in [0.29, 0.717) is 43.5 Å². The number of halogens is 1. The number of carbonyl (C=O) groups is 1. The van der Waals surface area contributed by atoms with Crippen molar-refractivity contribution >= 4 is 45.7 Å². The van der Waals surface area contributed by atoms with E-state index in [1.807, 2.05) is 38.1 Å². The number of carbonyl (C=O) groups excluding carboxylic acids is 1. The Labute approximate surface area is 201 Å². The van der Waals surface area contributed by atoms with Crippen molar-refractivity contribution in [1.82, 2.24) is 16.0 Å². The van der Waals surface area contributed by atoms with Crippen LogP contribution < -0.4 is 25.4 Å². The minimum Gasteiger partial charge on any atom is -0.493 e. The summed E-state index contributed by atoms with van der Waals surface area (Å²) in [7, 11) is -1.41. The van der Waals surface area contributed by atoms with Gasteiger partial charge in [0.05, 0.1) is 25.2 Å². The van der Waals surface area contributed by atoms with Crippen LogP contribution >= 0.6 is 24.0 Å². The lowest BCUT2D eigenvalue weighted by Gasteiger charge is -2.17. The molecular weight excluding hydrogens is 535 g/mol. The minimum atomic E-state index is -3.00. The molecule has 1 fully saturated rings. The SMILES string of the molecule is CCNC(=NCC(C)Oc1ccccc1OC)NCCC(=O)NC1CCS(=O)(=O)C1.I. The fourth-order valence-electron chi connectivity index (χ4n) is 3.03. The fourth-order valence-corrected chi connectivity index (χ4v) is 4.71. The summed E-state index contributed by atoms with van der Waals surface area (Å²) >= 11 is 0. The molecule has 1 aromatic carbocycles. The summed E-state index contributed by atoms with van der Waals surface area (Å²) in [5, 5.41) is 9.02. The number of rotatable bonds is 10. The molecular formula is C20H33IN4O5S. The van der Waals surface area contributed by atoms with Crippen LogP contribution in [0.2, 0.25) is 0 Å². The Bertz CT molecular complexity index is 835. The molecule has 2 atom stereocenters. The number of benzene rings is 1. The highest BCUT2D eigenvalue weighted by Crippen LogP contribution is 2.26. The first-order valence-corrected chi connectivity index (χ1v) is 12.0. The number of hydrogen-bond acceptors (Lipinski definition) is 6. The fraction of sp³-hybridized carbons (Fsp3) is 0.600. The zero-order chi connectivity index (χ0) is 22.0. The van der Waals surface area contributed by atoms with Gasteiger partial charge in [-0.15, -0.1) is 24.0 Å². The molecule has 2 unspecified atom stereocenters. The first-order valence-electron chi connectivity index (χ1n) is 10.1. The van der Waals surface area contributed by atoms with Gasteiger partial charge in [-0.25, -0.2) is 13.4 Å². The Kier molecular flexibility index (Phi) is 12.0. The van der Waals surface area contributed by atoms with Gasteiger partial charge in [0.1, 0.15) is 6.10 Å². The van der Waals surface area contributed by atoms with Crippen molar-refractivity contribution in [3.63, 3.8) is 0 Å².